The van der Waals surface area contributed by atoms with Crippen molar-refractivity contribution >= 4 is 5.91 Å². The Bertz CT molecular complexity index is 236. The minimum atomic E-state index is 0.0190. The Balaban J connectivity index is 3.97. The molecule has 0 saturated heterocycles. The molecular formula is C14H27NO2. The molecule has 0 aromatic heterocycles. The van der Waals surface area contributed by atoms with Crippen LogP contribution >= 0.6 is 0 Å². The van der Waals surface area contributed by atoms with Crippen LogP contribution in [0.15, 0.2) is 12.2 Å². The summed E-state index contributed by atoms with van der Waals surface area (Å²) >= 11 is 0. The summed E-state index contributed by atoms with van der Waals surface area (Å²) in [6.45, 7) is 8.23. The molecule has 2 atom stereocenters. The van der Waals surface area contributed by atoms with Crippen LogP contribution in [0.2, 0.25) is 0 Å². The van der Waals surface area contributed by atoms with Crippen molar-refractivity contribution in [2.24, 2.45) is 5.92 Å². The van der Waals surface area contributed by atoms with E-state index in [4.69, 9.17) is 4.74 Å². The van der Waals surface area contributed by atoms with Gasteiger partial charge in [-0.2, -0.15) is 0 Å². The van der Waals surface area contributed by atoms with E-state index in [1.165, 1.54) is 0 Å². The Labute approximate surface area is 106 Å². The van der Waals surface area contributed by atoms with E-state index >= 15 is 0 Å². The van der Waals surface area contributed by atoms with Crippen molar-refractivity contribution in [1.82, 2.24) is 5.32 Å². The lowest BCUT2D eigenvalue weighted by atomic mass is 10.1. The maximum Gasteiger partial charge on any atom is 0.222 e. The summed E-state index contributed by atoms with van der Waals surface area (Å²) in [6.07, 6.45) is 6.44. The van der Waals surface area contributed by atoms with Crippen molar-refractivity contribution < 1.29 is 9.53 Å². The largest absolute Gasteiger partial charge is 0.381 e. The van der Waals surface area contributed by atoms with E-state index in [9.17, 15) is 4.79 Å². The van der Waals surface area contributed by atoms with Crippen molar-refractivity contribution in [3.05, 3.63) is 12.2 Å². The summed E-state index contributed by atoms with van der Waals surface area (Å²) in [4.78, 5) is 11.8. The zero-order valence-electron chi connectivity index (χ0n) is 11.8. The first-order valence-corrected chi connectivity index (χ1v) is 6.44. The third-order valence-electron chi connectivity index (χ3n) is 3.03. The summed E-state index contributed by atoms with van der Waals surface area (Å²) in [5, 5.41) is 3.00. The third kappa shape index (κ3) is 7.97. The van der Waals surface area contributed by atoms with Crippen molar-refractivity contribution in [2.75, 3.05) is 7.11 Å². The number of rotatable bonds is 8. The van der Waals surface area contributed by atoms with Crippen LogP contribution in [0.3, 0.4) is 0 Å². The van der Waals surface area contributed by atoms with Crippen LogP contribution in [0.5, 0.6) is 0 Å². The molecule has 17 heavy (non-hydrogen) atoms. The highest BCUT2D eigenvalue weighted by atomic mass is 16.5. The first-order valence-electron chi connectivity index (χ1n) is 6.44. The molecule has 0 aromatic carbocycles. The van der Waals surface area contributed by atoms with Crippen molar-refractivity contribution in [3.63, 3.8) is 0 Å². The van der Waals surface area contributed by atoms with Crippen LogP contribution < -0.4 is 5.32 Å². The van der Waals surface area contributed by atoms with Gasteiger partial charge in [0.2, 0.25) is 5.91 Å². The zero-order chi connectivity index (χ0) is 13.3. The van der Waals surface area contributed by atoms with E-state index in [1.54, 1.807) is 7.11 Å². The molecule has 3 heteroatoms. The number of ether oxygens (including phenoxy) is 1. The molecule has 0 aliphatic heterocycles. The van der Waals surface area contributed by atoms with Gasteiger partial charge in [-0.15, -0.1) is 0 Å². The molecule has 0 fully saturated rings. The Morgan fingerprint density at radius 1 is 1.35 bits per heavy atom. The molecule has 0 radical (unpaired) electrons. The Morgan fingerprint density at radius 3 is 2.47 bits per heavy atom. The van der Waals surface area contributed by atoms with Gasteiger partial charge < -0.3 is 10.1 Å². The van der Waals surface area contributed by atoms with E-state index in [0.717, 1.165) is 12.8 Å². The van der Waals surface area contributed by atoms with E-state index in [1.807, 2.05) is 19.9 Å². The number of hydrogen-bond acceptors (Lipinski definition) is 2. The molecule has 0 spiro atoms. The predicted octanol–water partition coefficient (Wildman–Crippen LogP) is 2.91. The lowest BCUT2D eigenvalue weighted by molar-refractivity contribution is -0.124. The van der Waals surface area contributed by atoms with Crippen LogP contribution in [0.4, 0.5) is 0 Å². The number of hydrogen-bond donors (Lipinski definition) is 1. The fourth-order valence-electron chi connectivity index (χ4n) is 1.44. The van der Waals surface area contributed by atoms with Crippen LogP contribution in [0.1, 0.15) is 47.0 Å². The summed E-state index contributed by atoms with van der Waals surface area (Å²) in [6, 6.07) is 0.218. The number of amides is 1. The van der Waals surface area contributed by atoms with Gasteiger partial charge in [0, 0.05) is 13.2 Å². The van der Waals surface area contributed by atoms with Crippen LogP contribution in [0.25, 0.3) is 0 Å². The van der Waals surface area contributed by atoms with Crippen molar-refractivity contribution in [3.8, 4) is 0 Å². The molecule has 0 aliphatic rings. The molecule has 0 rings (SSSR count). The van der Waals surface area contributed by atoms with Gasteiger partial charge in [0.15, 0.2) is 0 Å². The van der Waals surface area contributed by atoms with Crippen molar-refractivity contribution in [1.29, 1.82) is 0 Å². The second kappa shape index (κ2) is 9.23. The Kier molecular flexibility index (Phi) is 8.78. The molecule has 3 nitrogen and oxygen atoms in total. The number of allylic oxidation sites excluding steroid dienone is 2. The monoisotopic (exact) mass is 241 g/mol. The van der Waals surface area contributed by atoms with E-state index in [-0.39, 0.29) is 18.1 Å². The Hall–Kier alpha value is -0.830. The normalized spacial score (nSPS) is 15.2. The lowest BCUT2D eigenvalue weighted by Crippen LogP contribution is -2.37. The van der Waals surface area contributed by atoms with Gasteiger partial charge in [-0.3, -0.25) is 4.79 Å². The number of carbonyl (C=O) groups is 1. The molecule has 0 aliphatic carbocycles. The molecular weight excluding hydrogens is 214 g/mol. The molecule has 0 aromatic rings. The molecule has 1 N–H and O–H groups in total. The maximum atomic E-state index is 11.8. The number of carbonyl (C=O) groups excluding carboxylic acids is 1. The standard InChI is InChI=1S/C14H27NO2/c1-6-7-8-9-13(17-5)10-14(16)15-12(4)11(2)3/h6-7,11-13H,8-10H2,1-5H3,(H,15,16). The van der Waals surface area contributed by atoms with Crippen LogP contribution in [-0.2, 0) is 9.53 Å². The fourth-order valence-corrected chi connectivity index (χ4v) is 1.44. The highest BCUT2D eigenvalue weighted by Gasteiger charge is 2.15. The van der Waals surface area contributed by atoms with Gasteiger partial charge in [-0.05, 0) is 32.6 Å². The second-order valence-corrected chi connectivity index (χ2v) is 4.81. The minimum absolute atomic E-state index is 0.0190. The van der Waals surface area contributed by atoms with Crippen LogP contribution in [-0.4, -0.2) is 25.2 Å². The fraction of sp³-hybridized carbons (Fsp3) is 0.786. The minimum Gasteiger partial charge on any atom is -0.381 e. The first kappa shape index (κ1) is 16.2. The van der Waals surface area contributed by atoms with E-state index in [2.05, 4.69) is 25.2 Å². The molecule has 1 amide bonds. The highest BCUT2D eigenvalue weighted by molar-refractivity contribution is 5.76. The Morgan fingerprint density at radius 2 is 2.00 bits per heavy atom. The quantitative estimate of drug-likeness (QED) is 0.664. The summed E-state index contributed by atoms with van der Waals surface area (Å²) in [7, 11) is 1.67. The second-order valence-electron chi connectivity index (χ2n) is 4.81. The van der Waals surface area contributed by atoms with Gasteiger partial charge >= 0.3 is 0 Å². The first-order chi connectivity index (χ1) is 8.01. The predicted molar refractivity (Wildman–Crippen MR) is 71.9 cm³/mol. The molecule has 2 unspecified atom stereocenters. The number of methoxy groups -OCH3 is 1. The van der Waals surface area contributed by atoms with Gasteiger partial charge in [0.05, 0.1) is 12.5 Å². The number of nitrogens with one attached hydrogen (secondary N) is 1. The third-order valence-corrected chi connectivity index (χ3v) is 3.03. The van der Waals surface area contributed by atoms with Gasteiger partial charge in [0.1, 0.15) is 0 Å². The lowest BCUT2D eigenvalue weighted by Gasteiger charge is -2.20. The zero-order valence-corrected chi connectivity index (χ0v) is 11.8. The average Bonchev–Trinajstić information content (AvgIpc) is 2.27. The van der Waals surface area contributed by atoms with Crippen molar-refractivity contribution in [2.45, 2.75) is 59.1 Å². The van der Waals surface area contributed by atoms with Gasteiger partial charge in [-0.1, -0.05) is 26.0 Å². The van der Waals surface area contributed by atoms with Crippen LogP contribution in [0, 0.1) is 5.92 Å². The summed E-state index contributed by atoms with van der Waals surface area (Å²) in [5.41, 5.74) is 0. The summed E-state index contributed by atoms with van der Waals surface area (Å²) in [5.74, 6) is 0.543. The van der Waals surface area contributed by atoms with Gasteiger partial charge in [0.25, 0.3) is 0 Å². The van der Waals surface area contributed by atoms with E-state index < -0.39 is 0 Å². The summed E-state index contributed by atoms with van der Waals surface area (Å²) < 4.78 is 5.31. The topological polar surface area (TPSA) is 38.3 Å². The molecule has 100 valence electrons. The van der Waals surface area contributed by atoms with E-state index in [0.29, 0.717) is 12.3 Å². The SMILES string of the molecule is CC=CCCC(CC(=O)NC(C)C(C)C)OC. The average molecular weight is 241 g/mol. The highest BCUT2D eigenvalue weighted by Crippen LogP contribution is 2.08. The molecule has 0 saturated carbocycles. The smallest absolute Gasteiger partial charge is 0.222 e. The van der Waals surface area contributed by atoms with Gasteiger partial charge in [-0.25, -0.2) is 0 Å². The molecule has 0 bridgehead atoms. The molecule has 0 heterocycles. The maximum absolute atomic E-state index is 11.8.